The van der Waals surface area contributed by atoms with E-state index in [1.165, 1.54) is 12.2 Å². The highest BCUT2D eigenvalue weighted by molar-refractivity contribution is 9.10. The molecule has 2 aliphatic heterocycles. The topological polar surface area (TPSA) is 151 Å². The van der Waals surface area contributed by atoms with Gasteiger partial charge in [-0.3, -0.25) is 19.2 Å². The van der Waals surface area contributed by atoms with E-state index >= 15 is 0 Å². The first-order valence-electron chi connectivity index (χ1n) is 21.2. The van der Waals surface area contributed by atoms with Gasteiger partial charge in [-0.2, -0.15) is 0 Å². The second kappa shape index (κ2) is 20.4. The maximum absolute atomic E-state index is 12.7. The Kier molecular flexibility index (Phi) is 15.6. The van der Waals surface area contributed by atoms with Crippen LogP contribution in [0.1, 0.15) is 102 Å². The van der Waals surface area contributed by atoms with Gasteiger partial charge in [0.25, 0.3) is 0 Å². The molecule has 6 heterocycles. The third-order valence-electron chi connectivity index (χ3n) is 12.5. The first kappa shape index (κ1) is 48.7. The number of furan rings is 2. The van der Waals surface area contributed by atoms with Gasteiger partial charge in [-0.05, 0) is 97.4 Å². The zero-order valence-corrected chi connectivity index (χ0v) is 38.8. The van der Waals surface area contributed by atoms with Gasteiger partial charge in [-0.1, -0.05) is 78.1 Å². The molecule has 2 aliphatic rings. The number of likely N-dealkylation sites (N-methyl/N-ethyl adjacent to an activating group) is 2. The molecule has 2 aromatic carbocycles. The van der Waals surface area contributed by atoms with Crippen molar-refractivity contribution in [1.29, 1.82) is 0 Å². The zero-order chi connectivity index (χ0) is 45.6. The van der Waals surface area contributed by atoms with E-state index in [-0.39, 0.29) is 37.9 Å². The number of para-hydroxylation sites is 2. The van der Waals surface area contributed by atoms with Crippen LogP contribution in [0.25, 0.3) is 28.0 Å². The lowest BCUT2D eigenvalue weighted by molar-refractivity contribution is -0.126. The first-order valence-corrected chi connectivity index (χ1v) is 22.0. The standard InChI is InChI=1S/C25H27N3O3.C14H15NO2.C11H13BrN2O.CH4.H2/c1-5-25(6-2)19-13-17(14-26-23(19)27-24(25)30)11-12-22(29)28(4)15-21-16(3)18-9-7-8-10-20(18)31-21;1-4-14(16)15(3)9-13-10(2)11-7-5-6-8-12(11)17-13;1-3-11(4-2)8-5-7(12)6-13-9(8)14-10(11)15;;/h7-14H,5-6,15H2,1-4H3,(H,26,27,30);4-8H,1,9H2,2-3H3;5-6H,3-4H2,1-2H3,(H,13,14,15);1H4;1H/b12-11+;;;;/i;;;;1+1. The van der Waals surface area contributed by atoms with Gasteiger partial charge in [-0.15, -0.1) is 0 Å². The normalized spacial score (nSPS) is 14.0. The molecule has 0 aliphatic carbocycles. The van der Waals surface area contributed by atoms with Gasteiger partial charge in [0.1, 0.15) is 34.3 Å². The summed E-state index contributed by atoms with van der Waals surface area (Å²) >= 11 is 3.39. The summed E-state index contributed by atoms with van der Waals surface area (Å²) in [7, 11) is 3.48. The van der Waals surface area contributed by atoms with Crippen LogP contribution in [-0.4, -0.2) is 57.5 Å². The Bertz CT molecular complexity index is 2730. The summed E-state index contributed by atoms with van der Waals surface area (Å²) in [4.78, 5) is 60.4. The lowest BCUT2D eigenvalue weighted by atomic mass is 9.77. The molecular formula is C51H61BrN6O6. The molecule has 0 saturated heterocycles. The summed E-state index contributed by atoms with van der Waals surface area (Å²) in [5.41, 5.74) is 5.61. The molecule has 0 saturated carbocycles. The number of nitrogens with one attached hydrogen (secondary N) is 2. The van der Waals surface area contributed by atoms with Crippen LogP contribution in [-0.2, 0) is 43.1 Å². The van der Waals surface area contributed by atoms with Crippen molar-refractivity contribution in [3.8, 4) is 0 Å². The number of carbonyl (C=O) groups excluding carboxylic acids is 4. The molecule has 0 fully saturated rings. The molecule has 13 heteroatoms. The van der Waals surface area contributed by atoms with Crippen molar-refractivity contribution in [3.05, 3.63) is 136 Å². The molecule has 2 N–H and O–H groups in total. The molecule has 0 radical (unpaired) electrons. The van der Waals surface area contributed by atoms with Crippen LogP contribution in [0.4, 0.5) is 11.6 Å². The second-order valence-corrected chi connectivity index (χ2v) is 16.8. The van der Waals surface area contributed by atoms with E-state index in [4.69, 9.17) is 8.83 Å². The summed E-state index contributed by atoms with van der Waals surface area (Å²) in [6.45, 7) is 16.4. The summed E-state index contributed by atoms with van der Waals surface area (Å²) < 4.78 is 12.6. The predicted molar refractivity (Wildman–Crippen MR) is 261 cm³/mol. The lowest BCUT2D eigenvalue weighted by Crippen LogP contribution is -2.32. The molecule has 0 unspecified atom stereocenters. The van der Waals surface area contributed by atoms with E-state index in [9.17, 15) is 19.2 Å². The predicted octanol–water partition coefficient (Wildman–Crippen LogP) is 11.4. The van der Waals surface area contributed by atoms with E-state index in [1.807, 2.05) is 102 Å². The van der Waals surface area contributed by atoms with Crippen LogP contribution >= 0.6 is 15.9 Å². The molecule has 12 nitrogen and oxygen atoms in total. The highest BCUT2D eigenvalue weighted by Crippen LogP contribution is 2.43. The number of carbonyl (C=O) groups is 4. The van der Waals surface area contributed by atoms with Crippen molar-refractivity contribution >= 4 is 79.2 Å². The van der Waals surface area contributed by atoms with Crippen LogP contribution in [0, 0.1) is 13.8 Å². The van der Waals surface area contributed by atoms with Crippen molar-refractivity contribution < 1.29 is 29.4 Å². The van der Waals surface area contributed by atoms with E-state index in [1.54, 1.807) is 42.4 Å². The zero-order valence-electron chi connectivity index (χ0n) is 37.2. The number of amides is 4. The minimum absolute atomic E-state index is 0. The van der Waals surface area contributed by atoms with Gasteiger partial charge in [0.2, 0.25) is 23.6 Å². The molecule has 4 aromatic heterocycles. The van der Waals surface area contributed by atoms with Crippen LogP contribution < -0.4 is 10.6 Å². The molecule has 0 bridgehead atoms. The Morgan fingerprint density at radius 3 is 1.62 bits per heavy atom. The Balaban J connectivity index is 0.000000231. The summed E-state index contributed by atoms with van der Waals surface area (Å²) in [5, 5.41) is 7.90. The number of aryl methyl sites for hydroxylation is 2. The number of halogens is 1. The number of pyridine rings is 2. The molecular weight excluding hydrogens is 873 g/mol. The number of nitrogens with zero attached hydrogens (tertiary/aromatic N) is 4. The van der Waals surface area contributed by atoms with Gasteiger partial charge in [0.15, 0.2) is 0 Å². The lowest BCUT2D eigenvalue weighted by Gasteiger charge is -2.23. The largest absolute Gasteiger partial charge is 0.459 e. The number of fused-ring (bicyclic) bond motifs is 4. The van der Waals surface area contributed by atoms with Crippen molar-refractivity contribution in [2.45, 2.75) is 98.6 Å². The average molecular weight is 935 g/mol. The maximum atomic E-state index is 12.7. The fourth-order valence-electron chi connectivity index (χ4n) is 8.33. The number of aromatic nitrogens is 2. The highest BCUT2D eigenvalue weighted by atomic mass is 79.9. The first-order chi connectivity index (χ1) is 30.2. The summed E-state index contributed by atoms with van der Waals surface area (Å²) in [6, 6.07) is 19.7. The minimum atomic E-state index is -0.550. The Hall–Kier alpha value is -6.34. The molecule has 64 heavy (non-hydrogen) atoms. The maximum Gasteiger partial charge on any atom is 0.246 e. The van der Waals surface area contributed by atoms with Gasteiger partial charge in [-0.25, -0.2) is 9.97 Å². The Morgan fingerprint density at radius 2 is 1.17 bits per heavy atom. The molecule has 338 valence electrons. The fourth-order valence-corrected chi connectivity index (χ4v) is 8.66. The Labute approximate surface area is 385 Å². The van der Waals surface area contributed by atoms with Crippen molar-refractivity contribution in [3.63, 3.8) is 0 Å². The Morgan fingerprint density at radius 1 is 0.734 bits per heavy atom. The van der Waals surface area contributed by atoms with Crippen LogP contribution in [0.5, 0.6) is 0 Å². The number of hydrogen-bond acceptors (Lipinski definition) is 8. The minimum Gasteiger partial charge on any atom is -0.459 e. The number of benzene rings is 2. The molecule has 8 rings (SSSR count). The van der Waals surface area contributed by atoms with Crippen LogP contribution in [0.3, 0.4) is 0 Å². The number of anilines is 2. The van der Waals surface area contributed by atoms with E-state index in [2.05, 4.69) is 43.1 Å². The third-order valence-corrected chi connectivity index (χ3v) is 13.0. The van der Waals surface area contributed by atoms with Crippen LogP contribution in [0.15, 0.2) is 105 Å². The van der Waals surface area contributed by atoms with Gasteiger partial charge >= 0.3 is 0 Å². The smallest absolute Gasteiger partial charge is 0.246 e. The second-order valence-electron chi connectivity index (χ2n) is 15.9. The van der Waals surface area contributed by atoms with E-state index < -0.39 is 5.41 Å². The van der Waals surface area contributed by atoms with Crippen molar-refractivity contribution in [1.82, 2.24) is 19.8 Å². The molecule has 6 aromatic rings. The third kappa shape index (κ3) is 9.45. The summed E-state index contributed by atoms with van der Waals surface area (Å²) in [6.07, 6.45) is 11.0. The number of rotatable bonds is 11. The monoisotopic (exact) mass is 933 g/mol. The van der Waals surface area contributed by atoms with E-state index in [0.717, 1.165) is 78.6 Å². The van der Waals surface area contributed by atoms with Crippen molar-refractivity contribution in [2.24, 2.45) is 0 Å². The molecule has 0 atom stereocenters. The fraction of sp³-hybridized carbons (Fsp3) is 0.333. The van der Waals surface area contributed by atoms with Gasteiger partial charge in [0.05, 0.1) is 23.9 Å². The summed E-state index contributed by atoms with van der Waals surface area (Å²) in [5.74, 6) is 2.78. The molecule has 0 spiro atoms. The average Bonchev–Trinajstić information content (AvgIpc) is 3.98. The molecule has 4 amide bonds. The van der Waals surface area contributed by atoms with Gasteiger partial charge < -0.3 is 29.3 Å². The van der Waals surface area contributed by atoms with E-state index in [0.29, 0.717) is 37.6 Å². The quantitative estimate of drug-likeness (QED) is 0.122. The number of hydrogen-bond donors (Lipinski definition) is 2. The SMILES string of the molecule is C.C=CC(=O)N(C)Cc1oc2ccccc2c1C.CCC1(CC)C(=O)Nc2ncc(/C=C/C(=O)N(C)Cc3oc4ccccc4c3C)cc21.CCC1(CC)C(=O)Nc2ncc(Br)cc21.[2HH]. The van der Waals surface area contributed by atoms with Crippen LogP contribution in [0.2, 0.25) is 0 Å². The van der Waals surface area contributed by atoms with Gasteiger partial charge in [0, 0.05) is 71.5 Å². The van der Waals surface area contributed by atoms with Crippen molar-refractivity contribution in [2.75, 3.05) is 24.7 Å². The highest BCUT2D eigenvalue weighted by Gasteiger charge is 2.45.